The van der Waals surface area contributed by atoms with Crippen LogP contribution in [-0.4, -0.2) is 30.4 Å². The Morgan fingerprint density at radius 3 is 2.69 bits per heavy atom. The van der Waals surface area contributed by atoms with Gasteiger partial charge in [-0.3, -0.25) is 0 Å². The first kappa shape index (κ1) is 13.3. The van der Waals surface area contributed by atoms with Crippen LogP contribution in [0.4, 0.5) is 0 Å². The molecule has 1 aromatic carbocycles. The molecule has 0 fully saturated rings. The lowest BCUT2D eigenvalue weighted by Crippen LogP contribution is -2.90. The quantitative estimate of drug-likeness (QED) is 0.786. The van der Waals surface area contributed by atoms with Crippen molar-refractivity contribution in [2.45, 2.75) is 26.0 Å². The summed E-state index contributed by atoms with van der Waals surface area (Å²) in [5.74, 6) is 0.618. The Balaban J connectivity index is 2.31. The van der Waals surface area contributed by atoms with E-state index in [1.807, 2.05) is 12.1 Å². The van der Waals surface area contributed by atoms with Crippen molar-refractivity contribution in [1.29, 1.82) is 0 Å². The first-order valence-electron chi connectivity index (χ1n) is 5.48. The van der Waals surface area contributed by atoms with Crippen molar-refractivity contribution < 1.29 is 15.2 Å². The third-order valence-corrected chi connectivity index (χ3v) is 2.46. The Hall–Kier alpha value is -0.770. The summed E-state index contributed by atoms with van der Waals surface area (Å²) in [6.07, 6.45) is -0.473. The number of para-hydroxylation sites is 1. The smallest absolute Gasteiger partial charge is 0.138 e. The summed E-state index contributed by atoms with van der Waals surface area (Å²) in [6.45, 7) is 5.08. The molecule has 0 radical (unpaired) electrons. The number of rotatable bonds is 6. The van der Waals surface area contributed by atoms with Gasteiger partial charge in [0.05, 0.1) is 11.1 Å². The van der Waals surface area contributed by atoms with Crippen LogP contribution in [0.1, 0.15) is 13.8 Å². The normalized spacial score (nSPS) is 12.8. The predicted octanol–water partition coefficient (Wildman–Crippen LogP) is 1.05. The van der Waals surface area contributed by atoms with E-state index in [1.54, 1.807) is 12.1 Å². The second kappa shape index (κ2) is 6.74. The average molecular weight is 245 g/mol. The molecule has 3 N–H and O–H groups in total. The van der Waals surface area contributed by atoms with Gasteiger partial charge in [-0.15, -0.1) is 0 Å². The molecule has 1 atom stereocenters. The SMILES string of the molecule is CC(C)[NH2+]C[C@@H](O)COc1ccccc1Cl. The third kappa shape index (κ3) is 4.84. The number of hydrogen-bond donors (Lipinski definition) is 2. The Kier molecular flexibility index (Phi) is 5.60. The Labute approximate surface area is 101 Å². The number of nitrogens with two attached hydrogens (primary N) is 1. The van der Waals surface area contributed by atoms with Gasteiger partial charge in [0.25, 0.3) is 0 Å². The topological polar surface area (TPSA) is 46.1 Å². The van der Waals surface area contributed by atoms with E-state index in [-0.39, 0.29) is 6.61 Å². The van der Waals surface area contributed by atoms with Gasteiger partial charge in [0.1, 0.15) is 25.0 Å². The predicted molar refractivity (Wildman–Crippen MR) is 64.9 cm³/mol. The summed E-state index contributed by atoms with van der Waals surface area (Å²) in [5, 5.41) is 12.3. The van der Waals surface area contributed by atoms with E-state index < -0.39 is 6.10 Å². The van der Waals surface area contributed by atoms with Crippen LogP contribution in [0.2, 0.25) is 5.02 Å². The number of hydrogen-bond acceptors (Lipinski definition) is 2. The maximum absolute atomic E-state index is 9.65. The van der Waals surface area contributed by atoms with Crippen LogP contribution in [0, 0.1) is 0 Å². The standard InChI is InChI=1S/C12H18ClNO2/c1-9(2)14-7-10(15)8-16-12-6-4-3-5-11(12)13/h3-6,9-10,14-15H,7-8H2,1-2H3/p+1/t10-/m1/s1. The minimum Gasteiger partial charge on any atom is -0.489 e. The molecule has 4 heteroatoms. The zero-order valence-corrected chi connectivity index (χ0v) is 10.4. The van der Waals surface area contributed by atoms with Crippen LogP contribution in [0.3, 0.4) is 0 Å². The van der Waals surface area contributed by atoms with Crippen molar-refractivity contribution in [2.24, 2.45) is 0 Å². The highest BCUT2D eigenvalue weighted by molar-refractivity contribution is 6.32. The highest BCUT2D eigenvalue weighted by atomic mass is 35.5. The van der Waals surface area contributed by atoms with Crippen molar-refractivity contribution in [3.8, 4) is 5.75 Å². The highest BCUT2D eigenvalue weighted by Gasteiger charge is 2.09. The molecule has 0 bridgehead atoms. The minimum absolute atomic E-state index is 0.271. The molecule has 0 heterocycles. The molecule has 0 aromatic heterocycles. The van der Waals surface area contributed by atoms with Gasteiger partial charge < -0.3 is 15.2 Å². The number of aliphatic hydroxyl groups excluding tert-OH is 1. The van der Waals surface area contributed by atoms with Crippen LogP contribution in [0.25, 0.3) is 0 Å². The van der Waals surface area contributed by atoms with Gasteiger partial charge in [0, 0.05) is 0 Å². The molecule has 0 amide bonds. The van der Waals surface area contributed by atoms with Gasteiger partial charge in [-0.2, -0.15) is 0 Å². The molecule has 3 nitrogen and oxygen atoms in total. The van der Waals surface area contributed by atoms with E-state index in [4.69, 9.17) is 16.3 Å². The van der Waals surface area contributed by atoms with Crippen molar-refractivity contribution in [3.63, 3.8) is 0 Å². The van der Waals surface area contributed by atoms with Gasteiger partial charge in [0.2, 0.25) is 0 Å². The molecule has 0 aliphatic carbocycles. The molecular formula is C12H19ClNO2+. The lowest BCUT2D eigenvalue weighted by molar-refractivity contribution is -0.688. The number of halogens is 1. The van der Waals surface area contributed by atoms with Gasteiger partial charge in [-0.1, -0.05) is 23.7 Å². The molecule has 0 aliphatic heterocycles. The van der Waals surface area contributed by atoms with Crippen molar-refractivity contribution >= 4 is 11.6 Å². The lowest BCUT2D eigenvalue weighted by Gasteiger charge is -2.13. The summed E-state index contributed by atoms with van der Waals surface area (Å²) in [6, 6.07) is 7.74. The van der Waals surface area contributed by atoms with Gasteiger partial charge >= 0.3 is 0 Å². The van der Waals surface area contributed by atoms with Crippen LogP contribution >= 0.6 is 11.6 Å². The van der Waals surface area contributed by atoms with Gasteiger partial charge in [-0.25, -0.2) is 0 Å². The monoisotopic (exact) mass is 244 g/mol. The molecule has 0 spiro atoms. The van der Waals surface area contributed by atoms with E-state index in [9.17, 15) is 5.11 Å². The van der Waals surface area contributed by atoms with Gasteiger partial charge in [-0.05, 0) is 26.0 Å². The summed E-state index contributed by atoms with van der Waals surface area (Å²) < 4.78 is 5.43. The second-order valence-corrected chi connectivity index (χ2v) is 4.52. The van der Waals surface area contributed by atoms with Crippen LogP contribution in [-0.2, 0) is 0 Å². The molecule has 0 saturated heterocycles. The van der Waals surface area contributed by atoms with Gasteiger partial charge in [0.15, 0.2) is 0 Å². The van der Waals surface area contributed by atoms with E-state index >= 15 is 0 Å². The maximum Gasteiger partial charge on any atom is 0.138 e. The third-order valence-electron chi connectivity index (χ3n) is 2.15. The summed E-state index contributed by atoms with van der Waals surface area (Å²) in [5.41, 5.74) is 0. The zero-order valence-electron chi connectivity index (χ0n) is 9.69. The first-order chi connectivity index (χ1) is 7.59. The fraction of sp³-hybridized carbons (Fsp3) is 0.500. The lowest BCUT2D eigenvalue weighted by atomic mass is 10.3. The molecule has 0 saturated carbocycles. The Bertz CT molecular complexity index is 318. The number of quaternary nitrogens is 1. The number of benzene rings is 1. The summed E-state index contributed by atoms with van der Waals surface area (Å²) in [4.78, 5) is 0. The molecule has 16 heavy (non-hydrogen) atoms. The van der Waals surface area contributed by atoms with E-state index in [2.05, 4.69) is 19.2 Å². The van der Waals surface area contributed by atoms with E-state index in [0.29, 0.717) is 23.4 Å². The Morgan fingerprint density at radius 1 is 1.38 bits per heavy atom. The summed E-state index contributed by atoms with van der Waals surface area (Å²) in [7, 11) is 0. The van der Waals surface area contributed by atoms with Crippen LogP contribution in [0.5, 0.6) is 5.75 Å². The summed E-state index contributed by atoms with van der Waals surface area (Å²) >= 11 is 5.92. The van der Waals surface area contributed by atoms with Crippen LogP contribution < -0.4 is 10.1 Å². The molecule has 0 aliphatic rings. The average Bonchev–Trinajstić information content (AvgIpc) is 2.25. The van der Waals surface area contributed by atoms with Crippen LogP contribution in [0.15, 0.2) is 24.3 Å². The van der Waals surface area contributed by atoms with E-state index in [1.165, 1.54) is 0 Å². The zero-order chi connectivity index (χ0) is 12.0. The van der Waals surface area contributed by atoms with E-state index in [0.717, 1.165) is 0 Å². The molecule has 0 unspecified atom stereocenters. The minimum atomic E-state index is -0.473. The molecule has 1 rings (SSSR count). The number of aliphatic hydroxyl groups is 1. The maximum atomic E-state index is 9.65. The van der Waals surface area contributed by atoms with Crippen molar-refractivity contribution in [3.05, 3.63) is 29.3 Å². The first-order valence-corrected chi connectivity index (χ1v) is 5.86. The Morgan fingerprint density at radius 2 is 2.06 bits per heavy atom. The molecule has 90 valence electrons. The highest BCUT2D eigenvalue weighted by Crippen LogP contribution is 2.22. The fourth-order valence-corrected chi connectivity index (χ4v) is 1.44. The fourth-order valence-electron chi connectivity index (χ4n) is 1.25. The molecular weight excluding hydrogens is 226 g/mol. The largest absolute Gasteiger partial charge is 0.489 e. The second-order valence-electron chi connectivity index (χ2n) is 4.11. The van der Waals surface area contributed by atoms with Crippen molar-refractivity contribution in [2.75, 3.05) is 13.2 Å². The molecule has 1 aromatic rings. The van der Waals surface area contributed by atoms with Crippen molar-refractivity contribution in [1.82, 2.24) is 0 Å². The number of ether oxygens (including phenoxy) is 1.